The van der Waals surface area contributed by atoms with Crippen LogP contribution in [0.25, 0.3) is 0 Å². The molecule has 148 valence electrons. The monoisotopic (exact) mass is 408 g/mol. The van der Waals surface area contributed by atoms with Crippen molar-refractivity contribution in [2.45, 2.75) is 37.8 Å². The maximum atomic E-state index is 12.5. The van der Waals surface area contributed by atoms with Gasteiger partial charge in [0.25, 0.3) is 10.0 Å². The van der Waals surface area contributed by atoms with E-state index in [2.05, 4.69) is 29.4 Å². The van der Waals surface area contributed by atoms with Gasteiger partial charge < -0.3 is 11.1 Å². The van der Waals surface area contributed by atoms with E-state index in [4.69, 9.17) is 5.73 Å². The van der Waals surface area contributed by atoms with Crippen molar-refractivity contribution >= 4 is 33.0 Å². The van der Waals surface area contributed by atoms with Gasteiger partial charge in [-0.05, 0) is 36.2 Å². The third kappa shape index (κ3) is 5.79. The number of sulfonamides is 1. The number of rotatable bonds is 9. The normalized spacial score (nSPS) is 12.5. The molecule has 2 rings (SSSR count). The molecule has 0 unspecified atom stereocenters. The third-order valence-electron chi connectivity index (χ3n) is 4.21. The minimum Gasteiger partial charge on any atom is -0.370 e. The molecule has 0 bridgehead atoms. The summed E-state index contributed by atoms with van der Waals surface area (Å²) in [4.78, 5) is 5.30. The second-order valence-corrected chi connectivity index (χ2v) is 9.34. The fourth-order valence-corrected chi connectivity index (χ4v) is 5.58. The summed E-state index contributed by atoms with van der Waals surface area (Å²) in [6.07, 6.45) is 1.65. The summed E-state index contributed by atoms with van der Waals surface area (Å²) in [6, 6.07) is 11.6. The van der Waals surface area contributed by atoms with Crippen LogP contribution in [-0.2, 0) is 22.9 Å². The van der Waals surface area contributed by atoms with Crippen LogP contribution in [0.15, 0.2) is 45.6 Å². The molecule has 0 amide bonds. The van der Waals surface area contributed by atoms with E-state index in [1.165, 1.54) is 21.2 Å². The molecule has 0 aliphatic heterocycles. The van der Waals surface area contributed by atoms with E-state index in [0.717, 1.165) is 17.0 Å². The molecule has 0 saturated carbocycles. The summed E-state index contributed by atoms with van der Waals surface area (Å²) in [5.41, 5.74) is 8.10. The lowest BCUT2D eigenvalue weighted by molar-refractivity contribution is 0.447. The van der Waals surface area contributed by atoms with Gasteiger partial charge >= 0.3 is 0 Å². The molecule has 3 N–H and O–H groups in total. The third-order valence-corrected chi connectivity index (χ3v) is 7.87. The number of aryl methyl sites for hydroxylation is 1. The Morgan fingerprint density at radius 1 is 1.11 bits per heavy atom. The van der Waals surface area contributed by atoms with Crippen LogP contribution < -0.4 is 11.1 Å². The highest BCUT2D eigenvalue weighted by Gasteiger charge is 2.23. The number of nitrogens with zero attached hydrogens (tertiary/aromatic N) is 2. The fourth-order valence-electron chi connectivity index (χ4n) is 2.62. The van der Waals surface area contributed by atoms with Crippen LogP contribution in [0.3, 0.4) is 0 Å². The summed E-state index contributed by atoms with van der Waals surface area (Å²) in [6.45, 7) is 7.24. The molecule has 1 aromatic heterocycles. The van der Waals surface area contributed by atoms with Crippen molar-refractivity contribution in [1.29, 1.82) is 0 Å². The topological polar surface area (TPSA) is 87.8 Å². The van der Waals surface area contributed by atoms with Crippen LogP contribution in [0, 0.1) is 0 Å². The van der Waals surface area contributed by atoms with Crippen LogP contribution in [-0.4, -0.2) is 38.3 Å². The standard InChI is InChI=1S/C19H28N4O2S2/c1-4-15-7-9-16(10-8-15)22-19(20)21-14-13-17-11-12-18(26-17)27(24,25)23(5-2)6-3/h7-12H,4-6,13-14H2,1-3H3,(H3,20,21,22). The summed E-state index contributed by atoms with van der Waals surface area (Å²) in [5, 5.41) is 3.07. The van der Waals surface area contributed by atoms with E-state index in [9.17, 15) is 8.42 Å². The number of thiophene rings is 1. The lowest BCUT2D eigenvalue weighted by Crippen LogP contribution is -2.29. The largest absolute Gasteiger partial charge is 0.370 e. The average Bonchev–Trinajstić information content (AvgIpc) is 3.13. The predicted octanol–water partition coefficient (Wildman–Crippen LogP) is 3.31. The Kier molecular flexibility index (Phi) is 7.82. The maximum absolute atomic E-state index is 12.5. The van der Waals surface area contributed by atoms with E-state index >= 15 is 0 Å². The Hall–Kier alpha value is -1.90. The van der Waals surface area contributed by atoms with Crippen molar-refractivity contribution in [1.82, 2.24) is 4.31 Å². The molecule has 6 nitrogen and oxygen atoms in total. The lowest BCUT2D eigenvalue weighted by Gasteiger charge is -2.16. The molecular weight excluding hydrogens is 380 g/mol. The summed E-state index contributed by atoms with van der Waals surface area (Å²) in [5.74, 6) is 0.354. The van der Waals surface area contributed by atoms with Crippen LogP contribution in [0.1, 0.15) is 31.2 Å². The first-order valence-corrected chi connectivity index (χ1v) is 11.4. The quantitative estimate of drug-likeness (QED) is 0.492. The van der Waals surface area contributed by atoms with Gasteiger partial charge in [0.15, 0.2) is 5.96 Å². The van der Waals surface area contributed by atoms with Gasteiger partial charge in [0.05, 0.1) is 0 Å². The first kappa shape index (κ1) is 21.4. The van der Waals surface area contributed by atoms with Crippen molar-refractivity contribution < 1.29 is 8.42 Å². The lowest BCUT2D eigenvalue weighted by atomic mass is 10.1. The number of hydrogen-bond donors (Lipinski definition) is 2. The first-order chi connectivity index (χ1) is 12.9. The highest BCUT2D eigenvalue weighted by Crippen LogP contribution is 2.25. The van der Waals surface area contributed by atoms with E-state index in [1.807, 2.05) is 32.0 Å². The van der Waals surface area contributed by atoms with Gasteiger partial charge in [-0.25, -0.2) is 8.42 Å². The minimum atomic E-state index is -3.39. The number of anilines is 1. The van der Waals surface area contributed by atoms with Crippen LogP contribution in [0.2, 0.25) is 0 Å². The Labute approximate surface area is 166 Å². The number of hydrogen-bond acceptors (Lipinski definition) is 4. The van der Waals surface area contributed by atoms with Crippen LogP contribution in [0.4, 0.5) is 5.69 Å². The Bertz CT molecular complexity index is 854. The van der Waals surface area contributed by atoms with Gasteiger partial charge in [-0.1, -0.05) is 32.9 Å². The zero-order chi connectivity index (χ0) is 19.9. The molecule has 1 heterocycles. The summed E-state index contributed by atoms with van der Waals surface area (Å²) >= 11 is 1.30. The molecule has 1 aromatic carbocycles. The van der Waals surface area contributed by atoms with Gasteiger partial charge in [0.2, 0.25) is 0 Å². The van der Waals surface area contributed by atoms with Crippen molar-refractivity contribution in [3.63, 3.8) is 0 Å². The number of aliphatic imine (C=N–C) groups is 1. The van der Waals surface area contributed by atoms with Gasteiger partial charge in [-0.3, -0.25) is 4.99 Å². The van der Waals surface area contributed by atoms with Gasteiger partial charge in [-0.2, -0.15) is 4.31 Å². The van der Waals surface area contributed by atoms with Crippen molar-refractivity contribution in [2.75, 3.05) is 25.0 Å². The predicted molar refractivity (Wildman–Crippen MR) is 114 cm³/mol. The second kappa shape index (κ2) is 9.87. The molecule has 0 aliphatic rings. The molecular formula is C19H28N4O2S2. The summed E-state index contributed by atoms with van der Waals surface area (Å²) < 4.78 is 26.9. The number of nitrogens with two attached hydrogens (primary N) is 1. The highest BCUT2D eigenvalue weighted by atomic mass is 32.2. The smallest absolute Gasteiger partial charge is 0.252 e. The van der Waals surface area contributed by atoms with E-state index in [1.54, 1.807) is 6.07 Å². The molecule has 0 fully saturated rings. The minimum absolute atomic E-state index is 0.354. The van der Waals surface area contributed by atoms with Crippen molar-refractivity contribution in [3.8, 4) is 0 Å². The highest BCUT2D eigenvalue weighted by molar-refractivity contribution is 7.91. The molecule has 8 heteroatoms. The number of guanidine groups is 1. The Morgan fingerprint density at radius 2 is 1.78 bits per heavy atom. The van der Waals surface area contributed by atoms with Gasteiger partial charge in [0.1, 0.15) is 4.21 Å². The zero-order valence-electron chi connectivity index (χ0n) is 16.1. The van der Waals surface area contributed by atoms with Gasteiger partial charge in [0, 0.05) is 36.6 Å². The Balaban J connectivity index is 1.93. The van der Waals surface area contributed by atoms with Crippen molar-refractivity contribution in [2.24, 2.45) is 10.7 Å². The molecule has 0 atom stereocenters. The van der Waals surface area contributed by atoms with Gasteiger partial charge in [-0.15, -0.1) is 11.3 Å². The molecule has 0 spiro atoms. The van der Waals surface area contributed by atoms with Crippen LogP contribution >= 0.6 is 11.3 Å². The second-order valence-electron chi connectivity index (χ2n) is 6.00. The Morgan fingerprint density at radius 3 is 2.37 bits per heavy atom. The zero-order valence-corrected chi connectivity index (χ0v) is 17.7. The summed E-state index contributed by atoms with van der Waals surface area (Å²) in [7, 11) is -3.39. The SMILES string of the molecule is CCc1ccc(NC(N)=NCCc2ccc(S(=O)(=O)N(CC)CC)s2)cc1. The van der Waals surface area contributed by atoms with E-state index in [0.29, 0.717) is 36.2 Å². The van der Waals surface area contributed by atoms with Crippen LogP contribution in [0.5, 0.6) is 0 Å². The fraction of sp³-hybridized carbons (Fsp3) is 0.421. The number of benzene rings is 1. The van der Waals surface area contributed by atoms with E-state index < -0.39 is 10.0 Å². The molecule has 0 aliphatic carbocycles. The van der Waals surface area contributed by atoms with Crippen molar-refractivity contribution in [3.05, 3.63) is 46.8 Å². The first-order valence-electron chi connectivity index (χ1n) is 9.15. The molecule has 2 aromatic rings. The maximum Gasteiger partial charge on any atom is 0.252 e. The molecule has 0 radical (unpaired) electrons. The average molecular weight is 409 g/mol. The molecule has 0 saturated heterocycles. The number of nitrogens with one attached hydrogen (secondary N) is 1. The molecule has 27 heavy (non-hydrogen) atoms. The van der Waals surface area contributed by atoms with E-state index in [-0.39, 0.29) is 0 Å².